The van der Waals surface area contributed by atoms with Gasteiger partial charge in [-0.05, 0) is 18.2 Å². The molecule has 3 nitrogen and oxygen atoms in total. The van der Waals surface area contributed by atoms with Crippen LogP contribution >= 0.6 is 11.6 Å². The number of alkyl halides is 4. The summed E-state index contributed by atoms with van der Waals surface area (Å²) < 4.78 is 51.9. The van der Waals surface area contributed by atoms with Crippen molar-refractivity contribution in [3.8, 4) is 5.69 Å². The van der Waals surface area contributed by atoms with E-state index in [0.717, 1.165) is 10.7 Å². The van der Waals surface area contributed by atoms with E-state index in [9.17, 15) is 17.6 Å². The molecule has 8 heteroatoms. The third-order valence-corrected chi connectivity index (χ3v) is 2.47. The highest BCUT2D eigenvalue weighted by molar-refractivity contribution is 6.16. The summed E-state index contributed by atoms with van der Waals surface area (Å²) in [5, 5.41) is 7.09. The molecule has 0 bridgehead atoms. The second kappa shape index (κ2) is 4.56. The van der Waals surface area contributed by atoms with E-state index in [1.54, 1.807) is 0 Å². The molecule has 18 heavy (non-hydrogen) atoms. The van der Waals surface area contributed by atoms with Crippen LogP contribution in [0.1, 0.15) is 11.3 Å². The molecule has 0 aliphatic heterocycles. The Balaban J connectivity index is 2.49. The smallest absolute Gasteiger partial charge is 0.217 e. The average molecular weight is 280 g/mol. The fraction of sp³-hybridized carbons (Fsp3) is 0.200. The van der Waals surface area contributed by atoms with Gasteiger partial charge in [-0.3, -0.25) is 0 Å². The van der Waals surface area contributed by atoms with E-state index >= 15 is 0 Å². The van der Waals surface area contributed by atoms with E-state index in [1.807, 2.05) is 0 Å². The van der Waals surface area contributed by atoms with Gasteiger partial charge in [0.1, 0.15) is 11.5 Å². The topological polar surface area (TPSA) is 30.7 Å². The van der Waals surface area contributed by atoms with Gasteiger partial charge in [0.25, 0.3) is 0 Å². The third kappa shape index (κ3) is 2.45. The zero-order valence-corrected chi connectivity index (χ0v) is 9.50. The molecule has 0 saturated carbocycles. The molecule has 0 saturated heterocycles. The van der Waals surface area contributed by atoms with Crippen LogP contribution in [-0.4, -0.2) is 15.0 Å². The maximum atomic E-state index is 13.5. The lowest BCUT2D eigenvalue weighted by Crippen LogP contribution is -2.08. The van der Waals surface area contributed by atoms with Crippen LogP contribution in [0.5, 0.6) is 0 Å². The summed E-state index contributed by atoms with van der Waals surface area (Å²) in [6.45, 7) is 0. The normalized spacial score (nSPS) is 11.8. The van der Waals surface area contributed by atoms with Crippen LogP contribution in [0.15, 0.2) is 24.4 Å². The molecule has 1 heterocycles. The predicted molar refractivity (Wildman–Crippen MR) is 55.9 cm³/mol. The van der Waals surface area contributed by atoms with E-state index in [4.69, 9.17) is 11.6 Å². The van der Waals surface area contributed by atoms with Crippen molar-refractivity contribution in [1.29, 1.82) is 0 Å². The maximum absolute atomic E-state index is 13.5. The second-order valence-electron chi connectivity index (χ2n) is 3.45. The monoisotopic (exact) mass is 279 g/mol. The molecular formula is C10H6ClF4N3. The summed E-state index contributed by atoms with van der Waals surface area (Å²) in [5.74, 6) is -0.783. The number of aromatic nitrogens is 3. The van der Waals surface area contributed by atoms with Crippen LogP contribution < -0.4 is 0 Å². The number of benzene rings is 1. The number of hydrogen-bond donors (Lipinski definition) is 0. The summed E-state index contributed by atoms with van der Waals surface area (Å²) in [6.07, 6.45) is -3.27. The van der Waals surface area contributed by atoms with Crippen molar-refractivity contribution >= 4 is 11.6 Å². The first-order valence-corrected chi connectivity index (χ1v) is 5.29. The number of halogens is 5. The van der Waals surface area contributed by atoms with E-state index in [-0.39, 0.29) is 11.6 Å². The van der Waals surface area contributed by atoms with Crippen molar-refractivity contribution in [1.82, 2.24) is 15.0 Å². The number of rotatable bonds is 2. The Labute approximate surface area is 104 Å². The van der Waals surface area contributed by atoms with Gasteiger partial charge >= 0.3 is 6.18 Å². The van der Waals surface area contributed by atoms with E-state index in [0.29, 0.717) is 17.8 Å². The van der Waals surface area contributed by atoms with Gasteiger partial charge in [0, 0.05) is 0 Å². The molecule has 96 valence electrons. The minimum Gasteiger partial charge on any atom is -0.217 e. The minimum atomic E-state index is -4.54. The first-order valence-electron chi connectivity index (χ1n) is 4.76. The Kier molecular flexibility index (Phi) is 3.25. The highest BCUT2D eigenvalue weighted by atomic mass is 35.5. The van der Waals surface area contributed by atoms with Crippen LogP contribution in [0.4, 0.5) is 17.6 Å². The van der Waals surface area contributed by atoms with Crippen LogP contribution in [0, 0.1) is 5.82 Å². The number of nitrogens with zero attached hydrogens (tertiary/aromatic N) is 3. The van der Waals surface area contributed by atoms with Crippen LogP contribution in [-0.2, 0) is 12.1 Å². The molecule has 0 fully saturated rings. The van der Waals surface area contributed by atoms with Gasteiger partial charge in [-0.15, -0.1) is 16.7 Å². The zero-order valence-electron chi connectivity index (χ0n) is 8.75. The Morgan fingerprint density at radius 1 is 1.28 bits per heavy atom. The molecule has 0 spiro atoms. The van der Waals surface area contributed by atoms with Crippen LogP contribution in [0.25, 0.3) is 5.69 Å². The van der Waals surface area contributed by atoms with E-state index < -0.39 is 17.6 Å². The van der Waals surface area contributed by atoms with Gasteiger partial charge in [-0.25, -0.2) is 9.07 Å². The molecule has 1 aromatic carbocycles. The van der Waals surface area contributed by atoms with Crippen LogP contribution in [0.3, 0.4) is 0 Å². The van der Waals surface area contributed by atoms with Crippen molar-refractivity contribution in [3.63, 3.8) is 0 Å². The Morgan fingerprint density at radius 2 is 2.00 bits per heavy atom. The summed E-state index contributed by atoms with van der Waals surface area (Å²) in [7, 11) is 0. The highest BCUT2D eigenvalue weighted by Crippen LogP contribution is 2.31. The molecule has 2 aromatic rings. The molecule has 0 radical (unpaired) electrons. The summed E-state index contributed by atoms with van der Waals surface area (Å²) in [5.41, 5.74) is -0.941. The Bertz CT molecular complexity index is 564. The van der Waals surface area contributed by atoms with Crippen molar-refractivity contribution in [3.05, 3.63) is 41.5 Å². The molecule has 0 amide bonds. The molecule has 0 aliphatic rings. The third-order valence-electron chi connectivity index (χ3n) is 2.20. The predicted octanol–water partition coefficient (Wildman–Crippen LogP) is 3.16. The molecule has 0 N–H and O–H groups in total. The van der Waals surface area contributed by atoms with Crippen molar-refractivity contribution in [2.75, 3.05) is 0 Å². The minimum absolute atomic E-state index is 0.0422. The summed E-state index contributed by atoms with van der Waals surface area (Å²) >= 11 is 5.48. The lowest BCUT2D eigenvalue weighted by molar-refractivity contribution is -0.137. The second-order valence-corrected chi connectivity index (χ2v) is 3.72. The zero-order chi connectivity index (χ0) is 13.3. The first-order chi connectivity index (χ1) is 8.41. The van der Waals surface area contributed by atoms with E-state index in [2.05, 4.69) is 10.3 Å². The standard InChI is InChI=1S/C10H6ClF4N3/c11-4-7-5-18(17-16-7)9-3-6(10(13,14)15)1-2-8(9)12/h1-3,5H,4H2. The molecule has 2 rings (SSSR count). The summed E-state index contributed by atoms with van der Waals surface area (Å²) in [6, 6.07) is 2.07. The van der Waals surface area contributed by atoms with Crippen LogP contribution in [0.2, 0.25) is 0 Å². The fourth-order valence-corrected chi connectivity index (χ4v) is 1.46. The summed E-state index contributed by atoms with van der Waals surface area (Å²) in [4.78, 5) is 0. The number of hydrogen-bond acceptors (Lipinski definition) is 2. The van der Waals surface area contributed by atoms with Crippen molar-refractivity contribution < 1.29 is 17.6 Å². The molecule has 0 unspecified atom stereocenters. The maximum Gasteiger partial charge on any atom is 0.416 e. The highest BCUT2D eigenvalue weighted by Gasteiger charge is 2.31. The lowest BCUT2D eigenvalue weighted by atomic mass is 10.2. The average Bonchev–Trinajstić information content (AvgIpc) is 2.76. The van der Waals surface area contributed by atoms with Gasteiger partial charge in [0.2, 0.25) is 0 Å². The molecule has 0 atom stereocenters. The van der Waals surface area contributed by atoms with Crippen molar-refractivity contribution in [2.45, 2.75) is 12.1 Å². The lowest BCUT2D eigenvalue weighted by Gasteiger charge is -2.09. The first kappa shape index (κ1) is 12.8. The van der Waals surface area contributed by atoms with E-state index in [1.165, 1.54) is 6.20 Å². The quantitative estimate of drug-likeness (QED) is 0.624. The Morgan fingerprint density at radius 3 is 2.56 bits per heavy atom. The van der Waals surface area contributed by atoms with Gasteiger partial charge in [0.05, 0.1) is 23.3 Å². The van der Waals surface area contributed by atoms with Crippen molar-refractivity contribution in [2.24, 2.45) is 0 Å². The SMILES string of the molecule is Fc1ccc(C(F)(F)F)cc1-n1cc(CCl)nn1. The molecular weight excluding hydrogens is 274 g/mol. The Hall–Kier alpha value is -1.63. The van der Waals surface area contributed by atoms with Gasteiger partial charge in [0.15, 0.2) is 0 Å². The van der Waals surface area contributed by atoms with Gasteiger partial charge < -0.3 is 0 Å². The van der Waals surface area contributed by atoms with Gasteiger partial charge in [-0.2, -0.15) is 13.2 Å². The van der Waals surface area contributed by atoms with Gasteiger partial charge in [-0.1, -0.05) is 5.21 Å². The largest absolute Gasteiger partial charge is 0.416 e. The molecule has 0 aliphatic carbocycles. The molecule has 1 aromatic heterocycles. The fourth-order valence-electron chi connectivity index (χ4n) is 1.34.